The molecule has 4 N–H and O–H groups in total. The molecule has 3 rings (SSSR count). The number of guanidine groups is 1. The van der Waals surface area contributed by atoms with Crippen molar-refractivity contribution in [2.75, 3.05) is 35.6 Å². The molecule has 9 heteroatoms. The molecule has 0 aliphatic carbocycles. The number of rotatable bonds is 5. The summed E-state index contributed by atoms with van der Waals surface area (Å²) >= 11 is 11.9. The van der Waals surface area contributed by atoms with Crippen LogP contribution in [0, 0.1) is 12.3 Å². The molecule has 1 aromatic carbocycles. The lowest BCUT2D eigenvalue weighted by Gasteiger charge is -2.32. The summed E-state index contributed by atoms with van der Waals surface area (Å²) in [6.45, 7) is 7.32. The van der Waals surface area contributed by atoms with Crippen LogP contribution in [0.25, 0.3) is 0 Å². The van der Waals surface area contributed by atoms with E-state index in [0.717, 1.165) is 37.6 Å². The fourth-order valence-corrected chi connectivity index (χ4v) is 3.53. The minimum Gasteiger partial charge on any atom is -0.366 e. The topological polar surface area (TPSA) is 89.0 Å². The predicted octanol–water partition coefficient (Wildman–Crippen LogP) is 4.45. The Hall–Kier alpha value is -2.09. The molecule has 1 saturated heterocycles. The van der Waals surface area contributed by atoms with Crippen LogP contribution in [0.15, 0.2) is 24.3 Å². The van der Waals surface area contributed by atoms with Gasteiger partial charge in [0.2, 0.25) is 5.95 Å². The molecular formula is C19H25Cl2N7. The van der Waals surface area contributed by atoms with E-state index in [-0.39, 0.29) is 5.96 Å². The summed E-state index contributed by atoms with van der Waals surface area (Å²) in [5.41, 5.74) is 1.48. The zero-order valence-corrected chi connectivity index (χ0v) is 17.5. The molecule has 7 nitrogen and oxygen atoms in total. The number of aryl methyl sites for hydroxylation is 1. The average Bonchev–Trinajstić information content (AvgIpc) is 2.64. The van der Waals surface area contributed by atoms with E-state index < -0.39 is 0 Å². The molecule has 2 heterocycles. The maximum absolute atomic E-state index is 8.13. The van der Waals surface area contributed by atoms with Gasteiger partial charge in [-0.2, -0.15) is 4.98 Å². The fraction of sp³-hybridized carbons (Fsp3) is 0.421. The molecule has 150 valence electrons. The quantitative estimate of drug-likeness (QED) is 0.421. The highest BCUT2D eigenvalue weighted by Crippen LogP contribution is 2.25. The number of aromatic nitrogens is 2. The summed E-state index contributed by atoms with van der Waals surface area (Å²) in [5.74, 6) is 1.17. The van der Waals surface area contributed by atoms with E-state index in [4.69, 9.17) is 28.6 Å². The molecule has 0 spiro atoms. The molecular weight excluding hydrogens is 397 g/mol. The Balaban J connectivity index is 1.63. The Morgan fingerprint density at radius 3 is 2.79 bits per heavy atom. The number of anilines is 3. The molecule has 0 amide bonds. The molecule has 0 unspecified atom stereocenters. The molecule has 1 fully saturated rings. The molecule has 1 aliphatic heterocycles. The first kappa shape index (κ1) is 20.6. The Bertz CT molecular complexity index is 843. The SMILES string of the molecule is CCN1CCC[C@H](Nc2cc(C)nc(NC(=N)Nc3ccc(Cl)c(Cl)c3)n2)C1. The van der Waals surface area contributed by atoms with Gasteiger partial charge in [-0.25, -0.2) is 4.98 Å². The minimum atomic E-state index is 0.0461. The van der Waals surface area contributed by atoms with Gasteiger partial charge >= 0.3 is 0 Å². The standard InChI is InChI=1S/C19H25Cl2N7/c1-3-28-8-4-5-14(11-28)24-17-9-12(2)23-19(26-17)27-18(22)25-13-6-7-15(20)16(21)10-13/h6-7,9-10,14H,3-5,8,11H2,1-2H3,(H4,22,23,24,25,26,27)/t14-/m0/s1. The van der Waals surface area contributed by atoms with Gasteiger partial charge in [-0.05, 0) is 51.1 Å². The van der Waals surface area contributed by atoms with Gasteiger partial charge in [-0.3, -0.25) is 10.7 Å². The number of likely N-dealkylation sites (N-methyl/N-ethyl adjacent to an activating group) is 1. The van der Waals surface area contributed by atoms with E-state index in [2.05, 4.69) is 37.7 Å². The summed E-state index contributed by atoms with van der Waals surface area (Å²) in [7, 11) is 0. The van der Waals surface area contributed by atoms with Crippen LogP contribution in [0.1, 0.15) is 25.5 Å². The Kier molecular flexibility index (Phi) is 6.93. The van der Waals surface area contributed by atoms with Crippen molar-refractivity contribution in [3.8, 4) is 0 Å². The maximum atomic E-state index is 8.13. The summed E-state index contributed by atoms with van der Waals surface area (Å²) in [5, 5.41) is 18.3. The van der Waals surface area contributed by atoms with Gasteiger partial charge in [0.25, 0.3) is 0 Å². The largest absolute Gasteiger partial charge is 0.366 e. The van der Waals surface area contributed by atoms with Crippen molar-refractivity contribution in [1.82, 2.24) is 14.9 Å². The second-order valence-electron chi connectivity index (χ2n) is 6.85. The third-order valence-corrected chi connectivity index (χ3v) is 5.32. The highest BCUT2D eigenvalue weighted by Gasteiger charge is 2.19. The molecule has 1 aromatic heterocycles. The Morgan fingerprint density at radius 2 is 2.04 bits per heavy atom. The van der Waals surface area contributed by atoms with Gasteiger partial charge in [0.15, 0.2) is 5.96 Å². The smallest absolute Gasteiger partial charge is 0.231 e. The summed E-state index contributed by atoms with van der Waals surface area (Å²) in [4.78, 5) is 11.3. The first-order valence-corrected chi connectivity index (χ1v) is 10.1. The van der Waals surface area contributed by atoms with E-state index in [9.17, 15) is 0 Å². The monoisotopic (exact) mass is 421 g/mol. The van der Waals surface area contributed by atoms with Gasteiger partial charge in [-0.1, -0.05) is 30.1 Å². The fourth-order valence-electron chi connectivity index (χ4n) is 3.23. The Morgan fingerprint density at radius 1 is 1.21 bits per heavy atom. The van der Waals surface area contributed by atoms with Gasteiger partial charge in [0.05, 0.1) is 10.0 Å². The molecule has 1 aliphatic rings. The van der Waals surface area contributed by atoms with Gasteiger partial charge in [0.1, 0.15) is 5.82 Å². The summed E-state index contributed by atoms with van der Waals surface area (Å²) in [6.07, 6.45) is 2.30. The Labute approximate surface area is 175 Å². The highest BCUT2D eigenvalue weighted by molar-refractivity contribution is 6.42. The van der Waals surface area contributed by atoms with E-state index in [1.807, 2.05) is 13.0 Å². The second kappa shape index (κ2) is 9.41. The number of nitrogens with one attached hydrogen (secondary N) is 4. The number of nitrogens with zero attached hydrogens (tertiary/aromatic N) is 3. The van der Waals surface area contributed by atoms with Crippen LogP contribution in [0.5, 0.6) is 0 Å². The van der Waals surface area contributed by atoms with Gasteiger partial charge < -0.3 is 15.5 Å². The van der Waals surface area contributed by atoms with Crippen LogP contribution in [0.3, 0.4) is 0 Å². The van der Waals surface area contributed by atoms with Crippen LogP contribution in [0.2, 0.25) is 10.0 Å². The zero-order chi connectivity index (χ0) is 20.1. The van der Waals surface area contributed by atoms with Crippen molar-refractivity contribution in [2.45, 2.75) is 32.7 Å². The number of hydrogen-bond acceptors (Lipinski definition) is 5. The van der Waals surface area contributed by atoms with E-state index >= 15 is 0 Å². The maximum Gasteiger partial charge on any atom is 0.231 e. The van der Waals surface area contributed by atoms with E-state index in [0.29, 0.717) is 27.7 Å². The minimum absolute atomic E-state index is 0.0461. The zero-order valence-electron chi connectivity index (χ0n) is 16.0. The van der Waals surface area contributed by atoms with Crippen molar-refractivity contribution < 1.29 is 0 Å². The first-order chi connectivity index (χ1) is 13.4. The highest BCUT2D eigenvalue weighted by atomic mass is 35.5. The first-order valence-electron chi connectivity index (χ1n) is 9.35. The van der Waals surface area contributed by atoms with E-state index in [1.165, 1.54) is 6.42 Å². The average molecular weight is 422 g/mol. The number of piperidine rings is 1. The van der Waals surface area contributed by atoms with Crippen LogP contribution in [-0.2, 0) is 0 Å². The molecule has 0 radical (unpaired) electrons. The molecule has 0 saturated carbocycles. The van der Waals surface area contributed by atoms with Crippen molar-refractivity contribution in [3.05, 3.63) is 40.0 Å². The lowest BCUT2D eigenvalue weighted by atomic mass is 10.1. The number of benzene rings is 1. The number of halogens is 2. The summed E-state index contributed by atoms with van der Waals surface area (Å²) in [6, 6.07) is 7.37. The lowest BCUT2D eigenvalue weighted by molar-refractivity contribution is 0.226. The summed E-state index contributed by atoms with van der Waals surface area (Å²) < 4.78 is 0. The number of hydrogen-bond donors (Lipinski definition) is 4. The van der Waals surface area contributed by atoms with Gasteiger partial charge in [0, 0.05) is 30.0 Å². The van der Waals surface area contributed by atoms with Crippen LogP contribution < -0.4 is 16.0 Å². The van der Waals surface area contributed by atoms with Crippen molar-refractivity contribution in [2.24, 2.45) is 0 Å². The van der Waals surface area contributed by atoms with Gasteiger partial charge in [-0.15, -0.1) is 0 Å². The third kappa shape index (κ3) is 5.70. The molecule has 2 aromatic rings. The van der Waals surface area contributed by atoms with Crippen LogP contribution in [0.4, 0.5) is 17.5 Å². The molecule has 28 heavy (non-hydrogen) atoms. The van der Waals surface area contributed by atoms with E-state index in [1.54, 1.807) is 18.2 Å². The van der Waals surface area contributed by atoms with Crippen molar-refractivity contribution >= 4 is 46.6 Å². The van der Waals surface area contributed by atoms with Crippen LogP contribution >= 0.6 is 23.2 Å². The van der Waals surface area contributed by atoms with Crippen molar-refractivity contribution in [1.29, 1.82) is 5.41 Å². The normalized spacial score (nSPS) is 17.2. The molecule has 0 bridgehead atoms. The lowest BCUT2D eigenvalue weighted by Crippen LogP contribution is -2.42. The second-order valence-corrected chi connectivity index (χ2v) is 7.66. The third-order valence-electron chi connectivity index (χ3n) is 4.58. The van der Waals surface area contributed by atoms with Crippen LogP contribution in [-0.4, -0.2) is 46.5 Å². The van der Waals surface area contributed by atoms with Crippen molar-refractivity contribution in [3.63, 3.8) is 0 Å². The molecule has 1 atom stereocenters. The number of likely N-dealkylation sites (tertiary alicyclic amines) is 1. The predicted molar refractivity (Wildman–Crippen MR) is 117 cm³/mol.